The molecule has 2 aromatic heterocycles. The molecule has 34 heavy (non-hydrogen) atoms. The van der Waals surface area contributed by atoms with E-state index in [9.17, 15) is 10.2 Å². The number of aromatic nitrogens is 2. The lowest BCUT2D eigenvalue weighted by Gasteiger charge is -2.41. The fraction of sp³-hybridized carbons (Fsp3) is 0.615. The summed E-state index contributed by atoms with van der Waals surface area (Å²) < 4.78 is 0. The first-order chi connectivity index (χ1) is 16.4. The molecule has 8 nitrogen and oxygen atoms in total. The fourth-order valence-electron chi connectivity index (χ4n) is 4.73. The Balaban J connectivity index is 0.000000191. The van der Waals surface area contributed by atoms with Gasteiger partial charge in [0.25, 0.3) is 0 Å². The van der Waals surface area contributed by atoms with E-state index in [0.29, 0.717) is 12.1 Å². The monoisotopic (exact) mass is 470 g/mol. The van der Waals surface area contributed by atoms with Crippen LogP contribution in [0.4, 0.5) is 0 Å². The molecule has 2 fully saturated rings. The predicted octanol–water partition coefficient (Wildman–Crippen LogP) is 1.50. The lowest BCUT2D eigenvalue weighted by atomic mass is 10.1. The van der Waals surface area contributed by atoms with Gasteiger partial charge >= 0.3 is 0 Å². The van der Waals surface area contributed by atoms with Gasteiger partial charge in [-0.1, -0.05) is 12.1 Å². The van der Waals surface area contributed by atoms with E-state index in [1.807, 2.05) is 36.7 Å². The molecular formula is C26H42N6O2. The highest BCUT2D eigenvalue weighted by molar-refractivity contribution is 5.15. The van der Waals surface area contributed by atoms with Crippen molar-refractivity contribution < 1.29 is 10.2 Å². The van der Waals surface area contributed by atoms with Crippen molar-refractivity contribution in [3.05, 3.63) is 60.2 Å². The minimum Gasteiger partial charge on any atom is -0.394 e. The molecule has 0 radical (unpaired) electrons. The SMILES string of the molecule is C[C@@H]1CN([C@@H](CO)c2cccnc2)CCN1C.C[C@@H]1CN([C@H](CO)c2cccnc2)CCN1C. The molecule has 188 valence electrons. The Morgan fingerprint density at radius 3 is 1.47 bits per heavy atom. The summed E-state index contributed by atoms with van der Waals surface area (Å²) in [4.78, 5) is 17.7. The molecule has 0 spiro atoms. The standard InChI is InChI=1S/2C13H21N3O/c2*1-11-9-16(7-6-15(11)2)13(10-17)12-4-3-5-14-8-12/h2*3-5,8,11,13,17H,6-7,9-10H2,1-2H3/t11-,13+;11-,13-/m11/s1. The quantitative estimate of drug-likeness (QED) is 0.658. The summed E-state index contributed by atoms with van der Waals surface area (Å²) >= 11 is 0. The van der Waals surface area contributed by atoms with Crippen LogP contribution < -0.4 is 0 Å². The number of rotatable bonds is 6. The molecule has 2 aliphatic heterocycles. The third kappa shape index (κ3) is 7.04. The van der Waals surface area contributed by atoms with Gasteiger partial charge in [-0.2, -0.15) is 0 Å². The molecule has 0 aliphatic carbocycles. The maximum absolute atomic E-state index is 9.60. The van der Waals surface area contributed by atoms with Crippen LogP contribution in [0.2, 0.25) is 0 Å². The highest BCUT2D eigenvalue weighted by Gasteiger charge is 2.28. The minimum atomic E-state index is 0.0832. The van der Waals surface area contributed by atoms with E-state index < -0.39 is 0 Å². The largest absolute Gasteiger partial charge is 0.394 e. The second-order valence-corrected chi connectivity index (χ2v) is 9.62. The summed E-state index contributed by atoms with van der Waals surface area (Å²) in [5.41, 5.74) is 2.21. The molecule has 0 unspecified atom stereocenters. The van der Waals surface area contributed by atoms with Crippen molar-refractivity contribution in [2.75, 3.05) is 66.6 Å². The zero-order chi connectivity index (χ0) is 24.5. The van der Waals surface area contributed by atoms with Crippen LogP contribution in [0.3, 0.4) is 0 Å². The summed E-state index contributed by atoms with van der Waals surface area (Å²) in [6, 6.07) is 9.17. The van der Waals surface area contributed by atoms with Crippen LogP contribution in [-0.4, -0.2) is 118 Å². The van der Waals surface area contributed by atoms with Crippen LogP contribution in [0, 0.1) is 0 Å². The van der Waals surface area contributed by atoms with Gasteiger partial charge in [-0.15, -0.1) is 0 Å². The maximum atomic E-state index is 9.60. The van der Waals surface area contributed by atoms with Crippen molar-refractivity contribution in [1.82, 2.24) is 29.6 Å². The number of piperazine rings is 2. The first-order valence-corrected chi connectivity index (χ1v) is 12.3. The number of pyridine rings is 2. The summed E-state index contributed by atoms with van der Waals surface area (Å²) in [5, 5.41) is 19.2. The highest BCUT2D eigenvalue weighted by Crippen LogP contribution is 2.23. The lowest BCUT2D eigenvalue weighted by Crippen LogP contribution is -2.51. The molecule has 2 saturated heterocycles. The lowest BCUT2D eigenvalue weighted by molar-refractivity contribution is 0.0462. The van der Waals surface area contributed by atoms with Crippen molar-refractivity contribution in [2.24, 2.45) is 0 Å². The summed E-state index contributed by atoms with van der Waals surface area (Å²) in [7, 11) is 4.31. The van der Waals surface area contributed by atoms with Crippen LogP contribution >= 0.6 is 0 Å². The van der Waals surface area contributed by atoms with Crippen LogP contribution in [0.15, 0.2) is 49.1 Å². The Bertz CT molecular complexity index is 757. The molecule has 0 aromatic carbocycles. The van der Waals surface area contributed by atoms with Crippen molar-refractivity contribution in [3.63, 3.8) is 0 Å². The number of nitrogens with zero attached hydrogens (tertiary/aromatic N) is 6. The zero-order valence-electron chi connectivity index (χ0n) is 21.2. The topological polar surface area (TPSA) is 79.2 Å². The van der Waals surface area contributed by atoms with Crippen LogP contribution in [-0.2, 0) is 0 Å². The fourth-order valence-corrected chi connectivity index (χ4v) is 4.73. The van der Waals surface area contributed by atoms with Crippen molar-refractivity contribution >= 4 is 0 Å². The second-order valence-electron chi connectivity index (χ2n) is 9.62. The zero-order valence-corrected chi connectivity index (χ0v) is 21.2. The third-order valence-corrected chi connectivity index (χ3v) is 7.35. The van der Waals surface area contributed by atoms with Gasteiger partial charge in [-0.3, -0.25) is 19.8 Å². The molecule has 2 N–H and O–H groups in total. The van der Waals surface area contributed by atoms with E-state index in [2.05, 4.69) is 57.5 Å². The molecule has 0 bridgehead atoms. The molecule has 2 aromatic rings. The Morgan fingerprint density at radius 1 is 0.765 bits per heavy atom. The first kappa shape index (κ1) is 26.7. The van der Waals surface area contributed by atoms with Crippen molar-refractivity contribution in [1.29, 1.82) is 0 Å². The average Bonchev–Trinajstić information content (AvgIpc) is 2.86. The minimum absolute atomic E-state index is 0.0832. The highest BCUT2D eigenvalue weighted by atomic mass is 16.3. The molecule has 4 atom stereocenters. The number of aliphatic hydroxyl groups is 2. The van der Waals surface area contributed by atoms with Crippen LogP contribution in [0.5, 0.6) is 0 Å². The summed E-state index contributed by atoms with van der Waals surface area (Å²) in [6.07, 6.45) is 7.24. The Labute approximate surface area is 204 Å². The average molecular weight is 471 g/mol. The van der Waals surface area contributed by atoms with Gasteiger partial charge in [-0.05, 0) is 51.2 Å². The molecule has 4 heterocycles. The Kier molecular flexibility index (Phi) is 10.4. The number of hydrogen-bond donors (Lipinski definition) is 2. The van der Waals surface area contributed by atoms with E-state index in [0.717, 1.165) is 50.4 Å². The van der Waals surface area contributed by atoms with Gasteiger partial charge in [0, 0.05) is 76.1 Å². The molecule has 4 rings (SSSR count). The van der Waals surface area contributed by atoms with Gasteiger partial charge in [0.15, 0.2) is 0 Å². The van der Waals surface area contributed by atoms with Crippen molar-refractivity contribution in [3.8, 4) is 0 Å². The second kappa shape index (κ2) is 13.2. The summed E-state index contributed by atoms with van der Waals surface area (Å²) in [5.74, 6) is 0. The predicted molar refractivity (Wildman–Crippen MR) is 135 cm³/mol. The first-order valence-electron chi connectivity index (χ1n) is 12.3. The van der Waals surface area contributed by atoms with Crippen LogP contribution in [0.25, 0.3) is 0 Å². The Hall–Kier alpha value is -1.94. The molecule has 8 heteroatoms. The van der Waals surface area contributed by atoms with E-state index in [-0.39, 0.29) is 25.3 Å². The Morgan fingerprint density at radius 2 is 1.18 bits per heavy atom. The molecule has 0 saturated carbocycles. The van der Waals surface area contributed by atoms with Gasteiger partial charge < -0.3 is 20.0 Å². The number of aliphatic hydroxyl groups excluding tert-OH is 2. The van der Waals surface area contributed by atoms with Gasteiger partial charge in [-0.25, -0.2) is 0 Å². The van der Waals surface area contributed by atoms with Crippen molar-refractivity contribution in [2.45, 2.75) is 38.0 Å². The maximum Gasteiger partial charge on any atom is 0.0629 e. The van der Waals surface area contributed by atoms with Crippen LogP contribution in [0.1, 0.15) is 37.1 Å². The third-order valence-electron chi connectivity index (χ3n) is 7.35. The molecule has 0 amide bonds. The smallest absolute Gasteiger partial charge is 0.0629 e. The number of likely N-dealkylation sites (N-methyl/N-ethyl adjacent to an activating group) is 2. The van der Waals surface area contributed by atoms with Gasteiger partial charge in [0.1, 0.15) is 0 Å². The van der Waals surface area contributed by atoms with Gasteiger partial charge in [0.2, 0.25) is 0 Å². The summed E-state index contributed by atoms with van der Waals surface area (Å²) in [6.45, 7) is 10.9. The van der Waals surface area contributed by atoms with E-state index in [4.69, 9.17) is 0 Å². The molecule has 2 aliphatic rings. The normalized spacial score (nSPS) is 24.8. The van der Waals surface area contributed by atoms with E-state index in [1.54, 1.807) is 12.4 Å². The van der Waals surface area contributed by atoms with Gasteiger partial charge in [0.05, 0.1) is 25.3 Å². The molecular weight excluding hydrogens is 428 g/mol. The van der Waals surface area contributed by atoms with E-state index in [1.165, 1.54) is 0 Å². The number of hydrogen-bond acceptors (Lipinski definition) is 8. The van der Waals surface area contributed by atoms with E-state index >= 15 is 0 Å².